The third-order valence-corrected chi connectivity index (χ3v) is 3.84. The van der Waals surface area contributed by atoms with Crippen molar-refractivity contribution in [3.8, 4) is 0 Å². The Balaban J connectivity index is 2.39. The van der Waals surface area contributed by atoms with E-state index in [0.717, 1.165) is 26.1 Å². The Labute approximate surface area is 118 Å². The molecule has 116 valence electrons. The van der Waals surface area contributed by atoms with Crippen LogP contribution < -0.4 is 0 Å². The molecule has 0 spiro atoms. The maximum atomic E-state index is 11.1. The molecule has 0 saturated carbocycles. The molecule has 2 atom stereocenters. The number of ether oxygens (including phenoxy) is 1. The van der Waals surface area contributed by atoms with E-state index in [4.69, 9.17) is 14.9 Å². The highest BCUT2D eigenvalue weighted by Crippen LogP contribution is 2.25. The van der Waals surface area contributed by atoms with Crippen LogP contribution in [0.3, 0.4) is 0 Å². The fourth-order valence-corrected chi connectivity index (χ4v) is 2.27. The van der Waals surface area contributed by atoms with Crippen LogP contribution in [0.15, 0.2) is 0 Å². The van der Waals surface area contributed by atoms with Crippen LogP contribution >= 0.6 is 0 Å². The summed E-state index contributed by atoms with van der Waals surface area (Å²) >= 11 is 0. The number of carbonyl (C=O) groups is 2. The number of aliphatic hydroxyl groups is 1. The molecule has 1 rings (SSSR count). The lowest BCUT2D eigenvalue weighted by Crippen LogP contribution is -2.48. The van der Waals surface area contributed by atoms with Crippen LogP contribution in [0.1, 0.15) is 26.2 Å². The molecule has 1 saturated heterocycles. The first-order chi connectivity index (χ1) is 9.38. The second-order valence-electron chi connectivity index (χ2n) is 5.20. The zero-order chi connectivity index (χ0) is 15.2. The summed E-state index contributed by atoms with van der Waals surface area (Å²) in [6.07, 6.45) is 1.14. The van der Waals surface area contributed by atoms with Gasteiger partial charge in [0, 0.05) is 13.1 Å². The van der Waals surface area contributed by atoms with Gasteiger partial charge in [0.25, 0.3) is 0 Å². The molecule has 3 N–H and O–H groups in total. The predicted octanol–water partition coefficient (Wildman–Crippen LogP) is 0.0253. The van der Waals surface area contributed by atoms with Crippen LogP contribution in [-0.4, -0.2) is 70.6 Å². The van der Waals surface area contributed by atoms with Gasteiger partial charge in [-0.05, 0) is 32.7 Å². The summed E-state index contributed by atoms with van der Waals surface area (Å²) in [5.41, 5.74) is -2.20. The highest BCUT2D eigenvalue weighted by molar-refractivity contribution is 5.85. The third kappa shape index (κ3) is 4.43. The lowest BCUT2D eigenvalue weighted by Gasteiger charge is -2.29. The number of carboxylic acids is 2. The van der Waals surface area contributed by atoms with Gasteiger partial charge in [-0.25, -0.2) is 4.79 Å². The van der Waals surface area contributed by atoms with Gasteiger partial charge in [-0.2, -0.15) is 0 Å². The molecule has 0 aliphatic carbocycles. The lowest BCUT2D eigenvalue weighted by molar-refractivity contribution is -0.174. The van der Waals surface area contributed by atoms with Gasteiger partial charge in [-0.3, -0.25) is 9.69 Å². The number of unbranched alkanes of at least 4 members (excludes halogenated alkanes) is 1. The van der Waals surface area contributed by atoms with Crippen LogP contribution in [0.2, 0.25) is 0 Å². The van der Waals surface area contributed by atoms with Crippen molar-refractivity contribution in [2.45, 2.75) is 31.8 Å². The molecule has 1 fully saturated rings. The molecule has 1 aliphatic rings. The molecule has 0 aromatic carbocycles. The van der Waals surface area contributed by atoms with Gasteiger partial charge in [0.15, 0.2) is 5.60 Å². The van der Waals surface area contributed by atoms with E-state index >= 15 is 0 Å². The first-order valence-electron chi connectivity index (χ1n) is 6.86. The van der Waals surface area contributed by atoms with Gasteiger partial charge in [0.05, 0.1) is 19.1 Å². The fraction of sp³-hybridized carbons (Fsp3) is 0.846. The Bertz CT molecular complexity index is 342. The van der Waals surface area contributed by atoms with E-state index in [0.29, 0.717) is 19.6 Å². The maximum Gasteiger partial charge on any atom is 0.336 e. The fourth-order valence-electron chi connectivity index (χ4n) is 2.27. The number of hydrogen-bond acceptors (Lipinski definition) is 5. The average molecular weight is 289 g/mol. The van der Waals surface area contributed by atoms with E-state index in [1.165, 1.54) is 6.92 Å². The molecule has 2 unspecified atom stereocenters. The maximum absolute atomic E-state index is 11.1. The van der Waals surface area contributed by atoms with Crippen molar-refractivity contribution in [3.05, 3.63) is 0 Å². The summed E-state index contributed by atoms with van der Waals surface area (Å²) in [6, 6.07) is 0. The van der Waals surface area contributed by atoms with Gasteiger partial charge in [0.1, 0.15) is 0 Å². The number of aliphatic carboxylic acids is 2. The van der Waals surface area contributed by atoms with Gasteiger partial charge >= 0.3 is 11.9 Å². The minimum absolute atomic E-state index is 0.0554. The summed E-state index contributed by atoms with van der Waals surface area (Å²) in [5.74, 6) is -4.11. The highest BCUT2D eigenvalue weighted by Gasteiger charge is 2.44. The smallest absolute Gasteiger partial charge is 0.336 e. The topological polar surface area (TPSA) is 107 Å². The minimum Gasteiger partial charge on any atom is -0.481 e. The second-order valence-corrected chi connectivity index (χ2v) is 5.20. The molecule has 0 bridgehead atoms. The molecular weight excluding hydrogens is 266 g/mol. The van der Waals surface area contributed by atoms with Gasteiger partial charge in [0.2, 0.25) is 0 Å². The summed E-state index contributed by atoms with van der Waals surface area (Å²) in [5, 5.41) is 28.0. The van der Waals surface area contributed by atoms with Crippen molar-refractivity contribution >= 4 is 11.9 Å². The number of nitrogens with zero attached hydrogens (tertiary/aromatic N) is 1. The van der Waals surface area contributed by atoms with Crippen molar-refractivity contribution in [2.75, 3.05) is 32.8 Å². The van der Waals surface area contributed by atoms with E-state index in [9.17, 15) is 14.7 Å². The van der Waals surface area contributed by atoms with Crippen molar-refractivity contribution in [3.63, 3.8) is 0 Å². The quantitative estimate of drug-likeness (QED) is 0.541. The SMILES string of the molecule is CC(C(=O)O)C(O)(CCCCN1CCOCC1)C(=O)O. The first-order valence-corrected chi connectivity index (χ1v) is 6.86. The molecule has 0 amide bonds. The Morgan fingerprint density at radius 1 is 1.25 bits per heavy atom. The van der Waals surface area contributed by atoms with E-state index < -0.39 is 23.5 Å². The zero-order valence-electron chi connectivity index (χ0n) is 11.7. The van der Waals surface area contributed by atoms with Crippen molar-refractivity contribution < 1.29 is 29.6 Å². The molecule has 0 radical (unpaired) electrons. The molecule has 0 aromatic rings. The molecule has 0 aromatic heterocycles. The van der Waals surface area contributed by atoms with Crippen LogP contribution in [0, 0.1) is 5.92 Å². The molecular formula is C13H23NO6. The van der Waals surface area contributed by atoms with Gasteiger partial charge in [-0.1, -0.05) is 0 Å². The van der Waals surface area contributed by atoms with Crippen molar-refractivity contribution in [2.24, 2.45) is 5.92 Å². The van der Waals surface area contributed by atoms with E-state index in [-0.39, 0.29) is 6.42 Å². The molecule has 1 heterocycles. The van der Waals surface area contributed by atoms with Gasteiger partial charge < -0.3 is 20.1 Å². The number of rotatable bonds is 8. The Morgan fingerprint density at radius 2 is 1.85 bits per heavy atom. The third-order valence-electron chi connectivity index (χ3n) is 3.84. The number of hydrogen-bond donors (Lipinski definition) is 3. The van der Waals surface area contributed by atoms with E-state index in [1.807, 2.05) is 0 Å². The monoisotopic (exact) mass is 289 g/mol. The molecule has 1 aliphatic heterocycles. The Kier molecular flexibility index (Phi) is 6.38. The van der Waals surface area contributed by atoms with Crippen LogP contribution in [0.5, 0.6) is 0 Å². The van der Waals surface area contributed by atoms with Crippen molar-refractivity contribution in [1.82, 2.24) is 4.90 Å². The van der Waals surface area contributed by atoms with Gasteiger partial charge in [-0.15, -0.1) is 0 Å². The summed E-state index contributed by atoms with van der Waals surface area (Å²) < 4.78 is 5.22. The van der Waals surface area contributed by atoms with Crippen molar-refractivity contribution in [1.29, 1.82) is 0 Å². The Hall–Kier alpha value is -1.18. The minimum atomic E-state index is -2.20. The first kappa shape index (κ1) is 16.9. The molecule has 7 heteroatoms. The predicted molar refractivity (Wildman–Crippen MR) is 70.5 cm³/mol. The normalized spacial score (nSPS) is 21.1. The van der Waals surface area contributed by atoms with Crippen LogP contribution in [0.25, 0.3) is 0 Å². The summed E-state index contributed by atoms with van der Waals surface area (Å²) in [7, 11) is 0. The van der Waals surface area contributed by atoms with Crippen LogP contribution in [-0.2, 0) is 14.3 Å². The van der Waals surface area contributed by atoms with E-state index in [2.05, 4.69) is 4.90 Å². The van der Waals surface area contributed by atoms with Crippen LogP contribution in [0.4, 0.5) is 0 Å². The highest BCUT2D eigenvalue weighted by atomic mass is 16.5. The number of morpholine rings is 1. The second kappa shape index (κ2) is 7.56. The molecule has 20 heavy (non-hydrogen) atoms. The number of carboxylic acid groups (broad SMARTS) is 2. The standard InChI is InChI=1S/C13H23NO6/c1-10(11(15)16)13(19,12(17)18)4-2-3-5-14-6-8-20-9-7-14/h10,19H,2-9H2,1H3,(H,15,16)(H,17,18). The summed E-state index contributed by atoms with van der Waals surface area (Å²) in [6.45, 7) is 5.15. The average Bonchev–Trinajstić information content (AvgIpc) is 2.43. The largest absolute Gasteiger partial charge is 0.481 e. The zero-order valence-corrected chi connectivity index (χ0v) is 11.7. The van der Waals surface area contributed by atoms with E-state index in [1.54, 1.807) is 0 Å². The molecule has 7 nitrogen and oxygen atoms in total. The Morgan fingerprint density at radius 3 is 2.35 bits per heavy atom. The summed E-state index contributed by atoms with van der Waals surface area (Å²) in [4.78, 5) is 24.2. The lowest BCUT2D eigenvalue weighted by atomic mass is 9.84.